The van der Waals surface area contributed by atoms with Crippen molar-refractivity contribution in [1.29, 1.82) is 0 Å². The Labute approximate surface area is 152 Å². The Morgan fingerprint density at radius 1 is 1.27 bits per heavy atom. The van der Waals surface area contributed by atoms with Crippen molar-refractivity contribution >= 4 is 10.0 Å². The van der Waals surface area contributed by atoms with Gasteiger partial charge in [-0.2, -0.15) is 0 Å². The van der Waals surface area contributed by atoms with Gasteiger partial charge in [0.25, 0.3) is 10.0 Å². The lowest BCUT2D eigenvalue weighted by molar-refractivity contribution is 0.165. The Kier molecular flexibility index (Phi) is 5.22. The Hall–Kier alpha value is -2.10. The molecule has 0 radical (unpaired) electrons. The highest BCUT2D eigenvalue weighted by Gasteiger charge is 2.22. The lowest BCUT2D eigenvalue weighted by Gasteiger charge is -2.20. The molecule has 9 heteroatoms. The third kappa shape index (κ3) is 3.84. The van der Waals surface area contributed by atoms with E-state index in [1.807, 2.05) is 13.8 Å². The maximum atomic E-state index is 12.4. The summed E-state index contributed by atoms with van der Waals surface area (Å²) < 4.78 is 39.9. The fourth-order valence-corrected chi connectivity index (χ4v) is 3.80. The molecule has 8 nitrogen and oxygen atoms in total. The molecule has 26 heavy (non-hydrogen) atoms. The van der Waals surface area contributed by atoms with Crippen LogP contribution in [0.25, 0.3) is 0 Å². The van der Waals surface area contributed by atoms with E-state index in [1.165, 1.54) is 6.20 Å². The third-order valence-corrected chi connectivity index (χ3v) is 5.39. The maximum absolute atomic E-state index is 12.4. The number of hydrogen-bond donors (Lipinski definition) is 2. The van der Waals surface area contributed by atoms with Crippen molar-refractivity contribution in [2.75, 3.05) is 19.8 Å². The van der Waals surface area contributed by atoms with E-state index in [4.69, 9.17) is 9.47 Å². The Balaban J connectivity index is 1.70. The SMILES string of the molecule is CC(C)c1nc(S(=O)(=O)NC[C@@H](O)c2ccc3c(c2)OCCO3)cn1C. The number of aromatic nitrogens is 2. The van der Waals surface area contributed by atoms with Crippen LogP contribution in [0.15, 0.2) is 29.4 Å². The van der Waals surface area contributed by atoms with E-state index in [1.54, 1.807) is 29.8 Å². The molecule has 1 aliphatic heterocycles. The number of fused-ring (bicyclic) bond motifs is 1. The second-order valence-electron chi connectivity index (χ2n) is 6.47. The molecule has 0 saturated carbocycles. The van der Waals surface area contributed by atoms with E-state index < -0.39 is 16.1 Å². The van der Waals surface area contributed by atoms with Gasteiger partial charge in [-0.05, 0) is 17.7 Å². The highest BCUT2D eigenvalue weighted by molar-refractivity contribution is 7.89. The zero-order valence-electron chi connectivity index (χ0n) is 15.0. The summed E-state index contributed by atoms with van der Waals surface area (Å²) in [5, 5.41) is 10.3. The fourth-order valence-electron chi connectivity index (χ4n) is 2.77. The van der Waals surface area contributed by atoms with Gasteiger partial charge in [0.05, 0.1) is 6.10 Å². The van der Waals surface area contributed by atoms with Gasteiger partial charge in [0, 0.05) is 25.7 Å². The molecule has 0 aliphatic carbocycles. The molecule has 0 spiro atoms. The topological polar surface area (TPSA) is 103 Å². The average molecular weight is 381 g/mol. The van der Waals surface area contributed by atoms with Crippen LogP contribution in [0.4, 0.5) is 0 Å². The molecule has 1 aliphatic rings. The summed E-state index contributed by atoms with van der Waals surface area (Å²) in [4.78, 5) is 4.18. The van der Waals surface area contributed by atoms with Crippen LogP contribution >= 0.6 is 0 Å². The van der Waals surface area contributed by atoms with Crippen LogP contribution in [0.3, 0.4) is 0 Å². The van der Waals surface area contributed by atoms with Gasteiger partial charge in [-0.1, -0.05) is 19.9 Å². The number of imidazole rings is 1. The van der Waals surface area contributed by atoms with Crippen LogP contribution in [-0.2, 0) is 17.1 Å². The highest BCUT2D eigenvalue weighted by atomic mass is 32.2. The van der Waals surface area contributed by atoms with E-state index in [0.717, 1.165) is 0 Å². The lowest BCUT2D eigenvalue weighted by Crippen LogP contribution is -2.29. The maximum Gasteiger partial charge on any atom is 0.259 e. The second-order valence-corrected chi connectivity index (χ2v) is 8.19. The first-order chi connectivity index (χ1) is 12.3. The molecule has 2 heterocycles. The van der Waals surface area contributed by atoms with Gasteiger partial charge < -0.3 is 19.1 Å². The molecule has 1 aromatic heterocycles. The summed E-state index contributed by atoms with van der Waals surface area (Å²) in [6.07, 6.45) is 0.447. The van der Waals surface area contributed by atoms with Gasteiger partial charge in [-0.3, -0.25) is 0 Å². The van der Waals surface area contributed by atoms with Crippen molar-refractivity contribution in [3.05, 3.63) is 35.8 Å². The molecule has 1 aromatic carbocycles. The van der Waals surface area contributed by atoms with E-state index in [-0.39, 0.29) is 17.5 Å². The number of rotatable bonds is 6. The number of aliphatic hydroxyl groups excluding tert-OH is 1. The normalized spacial score (nSPS) is 15.3. The number of aryl methyl sites for hydroxylation is 1. The van der Waals surface area contributed by atoms with Gasteiger partial charge in [0.15, 0.2) is 16.5 Å². The first kappa shape index (κ1) is 18.7. The van der Waals surface area contributed by atoms with Crippen LogP contribution in [0.1, 0.15) is 37.3 Å². The fraction of sp³-hybridized carbons (Fsp3) is 0.471. The lowest BCUT2D eigenvalue weighted by atomic mass is 10.1. The van der Waals surface area contributed by atoms with Crippen LogP contribution < -0.4 is 14.2 Å². The average Bonchev–Trinajstić information content (AvgIpc) is 3.02. The minimum Gasteiger partial charge on any atom is -0.486 e. The second kappa shape index (κ2) is 7.26. The number of nitrogens with zero attached hydrogens (tertiary/aromatic N) is 2. The minimum absolute atomic E-state index is 0.0573. The van der Waals surface area contributed by atoms with Crippen molar-refractivity contribution in [1.82, 2.24) is 14.3 Å². The van der Waals surface area contributed by atoms with Crippen LogP contribution in [0.2, 0.25) is 0 Å². The van der Waals surface area contributed by atoms with E-state index in [2.05, 4.69) is 9.71 Å². The predicted molar refractivity (Wildman–Crippen MR) is 94.9 cm³/mol. The highest BCUT2D eigenvalue weighted by Crippen LogP contribution is 2.32. The summed E-state index contributed by atoms with van der Waals surface area (Å²) in [6, 6.07) is 5.05. The quantitative estimate of drug-likeness (QED) is 0.783. The van der Waals surface area contributed by atoms with Gasteiger partial charge >= 0.3 is 0 Å². The smallest absolute Gasteiger partial charge is 0.259 e. The standard InChI is InChI=1S/C17H23N3O5S/c1-11(2)17-19-16(10-20(17)3)26(22,23)18-9-13(21)12-4-5-14-15(8-12)25-7-6-24-14/h4-5,8,10-11,13,18,21H,6-7,9H2,1-3H3/t13-/m1/s1. The van der Waals surface area contributed by atoms with E-state index in [0.29, 0.717) is 36.1 Å². The molecule has 0 fully saturated rings. The van der Waals surface area contributed by atoms with Crippen molar-refractivity contribution < 1.29 is 23.0 Å². The molecule has 2 aromatic rings. The van der Waals surface area contributed by atoms with E-state index in [9.17, 15) is 13.5 Å². The summed E-state index contributed by atoms with van der Waals surface area (Å²) in [5.74, 6) is 1.94. The summed E-state index contributed by atoms with van der Waals surface area (Å²) in [5.41, 5.74) is 0.542. The Bertz CT molecular complexity index is 892. The van der Waals surface area contributed by atoms with Crippen molar-refractivity contribution in [2.24, 2.45) is 7.05 Å². The number of nitrogens with one attached hydrogen (secondary N) is 1. The summed E-state index contributed by atoms with van der Waals surface area (Å²) in [7, 11) is -2.06. The molecule has 0 unspecified atom stereocenters. The van der Waals surface area contributed by atoms with Crippen molar-refractivity contribution in [3.63, 3.8) is 0 Å². The molecule has 3 rings (SSSR count). The predicted octanol–water partition coefficient (Wildman–Crippen LogP) is 1.33. The van der Waals surface area contributed by atoms with E-state index >= 15 is 0 Å². The first-order valence-electron chi connectivity index (χ1n) is 8.38. The third-order valence-electron chi connectivity index (χ3n) is 4.10. The monoisotopic (exact) mass is 381 g/mol. The molecule has 0 amide bonds. The number of aliphatic hydroxyl groups is 1. The van der Waals surface area contributed by atoms with Gasteiger partial charge in [-0.25, -0.2) is 18.1 Å². The van der Waals surface area contributed by atoms with Gasteiger partial charge in [0.1, 0.15) is 19.0 Å². The zero-order valence-corrected chi connectivity index (χ0v) is 15.8. The summed E-state index contributed by atoms with van der Waals surface area (Å²) >= 11 is 0. The molecule has 0 saturated heterocycles. The Morgan fingerprint density at radius 3 is 2.62 bits per heavy atom. The van der Waals surface area contributed by atoms with Crippen molar-refractivity contribution in [2.45, 2.75) is 30.9 Å². The number of hydrogen-bond acceptors (Lipinski definition) is 6. The first-order valence-corrected chi connectivity index (χ1v) is 9.87. The van der Waals surface area contributed by atoms with Crippen LogP contribution in [-0.4, -0.2) is 42.8 Å². The molecular weight excluding hydrogens is 358 g/mol. The number of ether oxygens (including phenoxy) is 2. The largest absolute Gasteiger partial charge is 0.486 e. The van der Waals surface area contributed by atoms with Crippen LogP contribution in [0.5, 0.6) is 11.5 Å². The van der Waals surface area contributed by atoms with Crippen molar-refractivity contribution in [3.8, 4) is 11.5 Å². The molecular formula is C17H23N3O5S. The Morgan fingerprint density at radius 2 is 1.96 bits per heavy atom. The van der Waals surface area contributed by atoms with Gasteiger partial charge in [-0.15, -0.1) is 0 Å². The molecule has 142 valence electrons. The number of sulfonamides is 1. The van der Waals surface area contributed by atoms with Gasteiger partial charge in [0.2, 0.25) is 0 Å². The molecule has 1 atom stereocenters. The molecule has 0 bridgehead atoms. The zero-order chi connectivity index (χ0) is 18.9. The minimum atomic E-state index is -3.81. The number of benzene rings is 1. The summed E-state index contributed by atoms with van der Waals surface area (Å²) in [6.45, 7) is 4.64. The molecule has 2 N–H and O–H groups in total. The van der Waals surface area contributed by atoms with Crippen LogP contribution in [0, 0.1) is 0 Å².